The molecule has 0 aliphatic rings. The van der Waals surface area contributed by atoms with Crippen LogP contribution >= 0.6 is 0 Å². The summed E-state index contributed by atoms with van der Waals surface area (Å²) in [7, 11) is -10.3. The fourth-order valence-electron chi connectivity index (χ4n) is 0. The number of hydrogen-bond acceptors (Lipinski definition) is 4. The van der Waals surface area contributed by atoms with Gasteiger partial charge in [0.25, 0.3) is 0 Å². The molecule has 1 radical (unpaired) electrons. The smallest absolute Gasteiger partial charge is 0.214 e. The van der Waals surface area contributed by atoms with E-state index in [0.29, 0.717) is 0 Å². The quantitative estimate of drug-likeness (QED) is 0.444. The maximum Gasteiger partial charge on any atom is 0.416 e. The predicted molar refractivity (Wildman–Crippen MR) is 22.7 cm³/mol. The number of rotatable bonds is 1. The van der Waals surface area contributed by atoms with Crippen LogP contribution in [0.25, 0.3) is 0 Å². The van der Waals surface area contributed by atoms with Gasteiger partial charge in [0.05, 0.1) is 0 Å². The molecular weight excluding hydrogens is 158 g/mol. The van der Waals surface area contributed by atoms with Crippen molar-refractivity contribution in [2.24, 2.45) is 5.14 Å². The highest BCUT2D eigenvalue weighted by molar-refractivity contribution is 8.63. The Bertz CT molecular complexity index is 223. The SMILES string of the molecule is NS(=O)(=O)S([O])(=O)=O. The third kappa shape index (κ3) is 1.74. The first-order chi connectivity index (χ1) is 3.25. The Kier molecular flexibility index (Phi) is 1.62. The predicted octanol–water partition coefficient (Wildman–Crippen LogP) is -2.05. The van der Waals surface area contributed by atoms with Crippen LogP contribution in [0, 0.1) is 0 Å². The van der Waals surface area contributed by atoms with E-state index in [-0.39, 0.29) is 0 Å². The number of hydrogen-bond donors (Lipinski definition) is 1. The van der Waals surface area contributed by atoms with Crippen LogP contribution in [0.5, 0.6) is 0 Å². The Morgan fingerprint density at radius 1 is 1.00 bits per heavy atom. The minimum Gasteiger partial charge on any atom is -0.214 e. The zero-order valence-electron chi connectivity index (χ0n) is 3.44. The van der Waals surface area contributed by atoms with E-state index in [9.17, 15) is 21.4 Å². The molecule has 0 aliphatic carbocycles. The van der Waals surface area contributed by atoms with Gasteiger partial charge in [-0.1, -0.05) is 4.55 Å². The van der Waals surface area contributed by atoms with Crippen molar-refractivity contribution in [1.82, 2.24) is 0 Å². The van der Waals surface area contributed by atoms with Gasteiger partial charge in [-0.2, -0.15) is 16.8 Å². The summed E-state index contributed by atoms with van der Waals surface area (Å²) in [5.74, 6) is 0. The van der Waals surface area contributed by atoms with Crippen molar-refractivity contribution < 1.29 is 21.4 Å². The molecule has 0 heterocycles. The van der Waals surface area contributed by atoms with Crippen LogP contribution < -0.4 is 5.14 Å². The van der Waals surface area contributed by atoms with E-state index in [1.807, 2.05) is 0 Å². The van der Waals surface area contributed by atoms with E-state index < -0.39 is 18.2 Å². The topological polar surface area (TPSA) is 114 Å². The van der Waals surface area contributed by atoms with E-state index in [4.69, 9.17) is 0 Å². The summed E-state index contributed by atoms with van der Waals surface area (Å²) in [4.78, 5) is 0. The highest BCUT2D eigenvalue weighted by atomic mass is 33.2. The molecule has 8 heteroatoms. The standard InChI is InChI=1S/H2NO5S2/c1-7(2,3)8(4,5)6/h(H2,1,2,3). The third-order valence-corrected chi connectivity index (χ3v) is 2.56. The third-order valence-electron chi connectivity index (χ3n) is 0.285. The van der Waals surface area contributed by atoms with Gasteiger partial charge in [0.15, 0.2) is 0 Å². The summed E-state index contributed by atoms with van der Waals surface area (Å²) in [5.41, 5.74) is 0. The number of nitrogens with two attached hydrogens (primary N) is 1. The van der Waals surface area contributed by atoms with Crippen LogP contribution in [0.1, 0.15) is 0 Å². The van der Waals surface area contributed by atoms with E-state index >= 15 is 0 Å². The minimum absolute atomic E-state index is 3.88. The Morgan fingerprint density at radius 2 is 1.12 bits per heavy atom. The first-order valence-electron chi connectivity index (χ1n) is 1.24. The Morgan fingerprint density at radius 3 is 1.12 bits per heavy atom. The second kappa shape index (κ2) is 1.65. The molecule has 2 N–H and O–H groups in total. The lowest BCUT2D eigenvalue weighted by molar-refractivity contribution is 0.426. The van der Waals surface area contributed by atoms with Crippen LogP contribution in [0.3, 0.4) is 0 Å². The molecular formula is H2NO5S2. The van der Waals surface area contributed by atoms with Crippen molar-refractivity contribution in [1.29, 1.82) is 0 Å². The maximum atomic E-state index is 9.53. The largest absolute Gasteiger partial charge is 0.416 e. The Balaban J connectivity index is 5.18. The molecule has 0 bridgehead atoms. The fraction of sp³-hybridized carbons (Fsp3) is 0. The average Bonchev–Trinajstić information content (AvgIpc) is 1.25. The van der Waals surface area contributed by atoms with Gasteiger partial charge in [-0.15, -0.1) is 0 Å². The minimum atomic E-state index is -5.34. The van der Waals surface area contributed by atoms with Gasteiger partial charge in [-0.05, 0) is 0 Å². The molecule has 0 atom stereocenters. The summed E-state index contributed by atoms with van der Waals surface area (Å²) < 4.78 is 47.2. The van der Waals surface area contributed by atoms with E-state index in [1.165, 1.54) is 0 Å². The second-order valence-corrected chi connectivity index (χ2v) is 5.32. The van der Waals surface area contributed by atoms with Crippen molar-refractivity contribution in [2.45, 2.75) is 0 Å². The van der Waals surface area contributed by atoms with Gasteiger partial charge >= 0.3 is 18.2 Å². The van der Waals surface area contributed by atoms with Crippen molar-refractivity contribution in [3.8, 4) is 0 Å². The molecule has 0 amide bonds. The zero-order chi connectivity index (χ0) is 7.00. The maximum absolute atomic E-state index is 9.53. The monoisotopic (exact) mass is 160 g/mol. The van der Waals surface area contributed by atoms with Gasteiger partial charge in [-0.25, -0.2) is 5.14 Å². The Hall–Kier alpha value is -0.180. The molecule has 6 nitrogen and oxygen atoms in total. The van der Waals surface area contributed by atoms with E-state index in [0.717, 1.165) is 0 Å². The van der Waals surface area contributed by atoms with E-state index in [1.54, 1.807) is 0 Å². The first-order valence-corrected chi connectivity index (χ1v) is 4.71. The Labute approximate surface area is 45.5 Å². The molecule has 0 rings (SSSR count). The fourth-order valence-corrected chi connectivity index (χ4v) is 0. The highest BCUT2D eigenvalue weighted by Crippen LogP contribution is 1.88. The van der Waals surface area contributed by atoms with Crippen LogP contribution in [0.15, 0.2) is 0 Å². The van der Waals surface area contributed by atoms with Gasteiger partial charge < -0.3 is 0 Å². The summed E-state index contributed by atoms with van der Waals surface area (Å²) in [5, 5.41) is 3.88. The summed E-state index contributed by atoms with van der Waals surface area (Å²) >= 11 is 0. The van der Waals surface area contributed by atoms with Crippen molar-refractivity contribution in [2.75, 3.05) is 0 Å². The lowest BCUT2D eigenvalue weighted by atomic mass is 14.0. The molecule has 0 aliphatic heterocycles. The molecule has 0 saturated carbocycles. The average molecular weight is 160 g/mol. The molecule has 0 aromatic heterocycles. The zero-order valence-corrected chi connectivity index (χ0v) is 5.07. The van der Waals surface area contributed by atoms with Gasteiger partial charge in [0.1, 0.15) is 0 Å². The molecule has 8 heavy (non-hydrogen) atoms. The van der Waals surface area contributed by atoms with Gasteiger partial charge in [0.2, 0.25) is 0 Å². The van der Waals surface area contributed by atoms with Crippen LogP contribution in [0.4, 0.5) is 0 Å². The normalized spacial score (nSPS) is 13.8. The van der Waals surface area contributed by atoms with Crippen LogP contribution in [-0.4, -0.2) is 16.8 Å². The molecule has 0 spiro atoms. The van der Waals surface area contributed by atoms with Crippen molar-refractivity contribution in [3.05, 3.63) is 0 Å². The summed E-state index contributed by atoms with van der Waals surface area (Å²) in [6.45, 7) is 0. The second-order valence-electron chi connectivity index (χ2n) is 0.901. The van der Waals surface area contributed by atoms with Crippen molar-refractivity contribution >= 4 is 18.2 Å². The summed E-state index contributed by atoms with van der Waals surface area (Å²) in [6.07, 6.45) is 0. The summed E-state index contributed by atoms with van der Waals surface area (Å²) in [6, 6.07) is 0. The molecule has 0 saturated heterocycles. The molecule has 49 valence electrons. The highest BCUT2D eigenvalue weighted by Gasteiger charge is 2.22. The van der Waals surface area contributed by atoms with Crippen LogP contribution in [-0.2, 0) is 22.8 Å². The van der Waals surface area contributed by atoms with E-state index in [2.05, 4.69) is 5.14 Å². The molecule has 0 unspecified atom stereocenters. The first kappa shape index (κ1) is 7.82. The molecule has 0 fully saturated rings. The lowest BCUT2D eigenvalue weighted by Crippen LogP contribution is -2.21. The van der Waals surface area contributed by atoms with Crippen molar-refractivity contribution in [3.63, 3.8) is 0 Å². The lowest BCUT2D eigenvalue weighted by Gasteiger charge is -1.83. The van der Waals surface area contributed by atoms with Gasteiger partial charge in [-0.3, -0.25) is 0 Å². The van der Waals surface area contributed by atoms with Gasteiger partial charge in [0, 0.05) is 0 Å². The van der Waals surface area contributed by atoms with Crippen LogP contribution in [0.2, 0.25) is 0 Å². The molecule has 0 aromatic rings. The molecule has 0 aromatic carbocycles.